The Kier molecular flexibility index (Phi) is 6.19. The van der Waals surface area contributed by atoms with Gasteiger partial charge in [-0.05, 0) is 49.1 Å². The Morgan fingerprint density at radius 2 is 2.00 bits per heavy atom. The van der Waals surface area contributed by atoms with Crippen molar-refractivity contribution in [2.75, 3.05) is 18.4 Å². The molecule has 1 fully saturated rings. The summed E-state index contributed by atoms with van der Waals surface area (Å²) < 4.78 is 27.0. The lowest BCUT2D eigenvalue weighted by atomic mass is 9.98. The number of halogens is 1. The number of sulfonamides is 1. The first-order valence-electron chi connectivity index (χ1n) is 8.94. The molecular weight excluding hydrogens is 384 g/mol. The summed E-state index contributed by atoms with van der Waals surface area (Å²) in [7, 11) is -3.51. The van der Waals surface area contributed by atoms with Crippen LogP contribution in [0, 0.1) is 12.8 Å². The fourth-order valence-electron chi connectivity index (χ4n) is 3.29. The Balaban J connectivity index is 1.67. The van der Waals surface area contributed by atoms with E-state index >= 15 is 0 Å². The monoisotopic (exact) mass is 406 g/mol. The maximum Gasteiger partial charge on any atom is 0.228 e. The Labute approximate surface area is 165 Å². The van der Waals surface area contributed by atoms with Crippen LogP contribution in [0.25, 0.3) is 0 Å². The van der Waals surface area contributed by atoms with Crippen LogP contribution < -0.4 is 5.32 Å². The van der Waals surface area contributed by atoms with Crippen LogP contribution in [0.5, 0.6) is 0 Å². The SMILES string of the molecule is Cc1ccccc1NC(=O)C1CCCN(S(=O)(=O)Cc2cccc(Cl)c2)C1. The van der Waals surface area contributed by atoms with Crippen LogP contribution in [0.4, 0.5) is 5.69 Å². The van der Waals surface area contributed by atoms with Crippen LogP contribution >= 0.6 is 11.6 Å². The Bertz CT molecular complexity index is 930. The number of hydrogen-bond donors (Lipinski definition) is 1. The second kappa shape index (κ2) is 8.42. The summed E-state index contributed by atoms with van der Waals surface area (Å²) >= 11 is 5.95. The van der Waals surface area contributed by atoms with Crippen molar-refractivity contribution in [3.8, 4) is 0 Å². The standard InChI is InChI=1S/C20H23ClN2O3S/c1-15-6-2-3-10-19(15)22-20(24)17-8-5-11-23(13-17)27(25,26)14-16-7-4-9-18(21)12-16/h2-4,6-7,9-10,12,17H,5,8,11,13-14H2,1H3,(H,22,24). The number of carbonyl (C=O) groups excluding carboxylic acids is 1. The third-order valence-corrected chi connectivity index (χ3v) is 6.84. The van der Waals surface area contributed by atoms with E-state index in [9.17, 15) is 13.2 Å². The molecule has 0 spiro atoms. The van der Waals surface area contributed by atoms with Gasteiger partial charge in [-0.15, -0.1) is 0 Å². The van der Waals surface area contributed by atoms with Crippen molar-refractivity contribution >= 4 is 33.2 Å². The summed E-state index contributed by atoms with van der Waals surface area (Å²) in [6.07, 6.45) is 1.35. The van der Waals surface area contributed by atoms with E-state index in [1.54, 1.807) is 24.3 Å². The van der Waals surface area contributed by atoms with Crippen LogP contribution in [-0.2, 0) is 20.6 Å². The Morgan fingerprint density at radius 1 is 1.22 bits per heavy atom. The van der Waals surface area contributed by atoms with Crippen LogP contribution in [-0.4, -0.2) is 31.7 Å². The van der Waals surface area contributed by atoms with E-state index in [-0.39, 0.29) is 24.1 Å². The average molecular weight is 407 g/mol. The van der Waals surface area contributed by atoms with E-state index < -0.39 is 10.0 Å². The lowest BCUT2D eigenvalue weighted by molar-refractivity contribution is -0.120. The Hall–Kier alpha value is -1.89. The molecule has 3 rings (SSSR count). The molecular formula is C20H23ClN2O3S. The zero-order valence-electron chi connectivity index (χ0n) is 15.2. The maximum absolute atomic E-state index is 12.8. The van der Waals surface area contributed by atoms with Gasteiger partial charge in [-0.2, -0.15) is 0 Å². The number of para-hydroxylation sites is 1. The van der Waals surface area contributed by atoms with Gasteiger partial charge in [-0.25, -0.2) is 12.7 Å². The maximum atomic E-state index is 12.8. The van der Waals surface area contributed by atoms with E-state index in [2.05, 4.69) is 5.32 Å². The number of anilines is 1. The molecule has 27 heavy (non-hydrogen) atoms. The molecule has 1 unspecified atom stereocenters. The minimum Gasteiger partial charge on any atom is -0.326 e. The molecule has 1 aliphatic rings. The third-order valence-electron chi connectivity index (χ3n) is 4.79. The van der Waals surface area contributed by atoms with Gasteiger partial charge in [0, 0.05) is 23.8 Å². The van der Waals surface area contributed by atoms with Crippen LogP contribution in [0.3, 0.4) is 0 Å². The van der Waals surface area contributed by atoms with Crippen molar-refractivity contribution in [3.05, 3.63) is 64.7 Å². The van der Waals surface area contributed by atoms with Crippen LogP contribution in [0.15, 0.2) is 48.5 Å². The number of piperidine rings is 1. The molecule has 0 radical (unpaired) electrons. The van der Waals surface area contributed by atoms with Gasteiger partial charge >= 0.3 is 0 Å². The van der Waals surface area contributed by atoms with E-state index in [4.69, 9.17) is 11.6 Å². The van der Waals surface area contributed by atoms with Gasteiger partial charge in [0.1, 0.15) is 0 Å². The number of carbonyl (C=O) groups is 1. The van der Waals surface area contributed by atoms with Gasteiger partial charge in [-0.3, -0.25) is 4.79 Å². The largest absolute Gasteiger partial charge is 0.326 e. The third kappa shape index (κ3) is 5.09. The molecule has 1 heterocycles. The van der Waals surface area contributed by atoms with Crippen molar-refractivity contribution in [1.82, 2.24) is 4.31 Å². The van der Waals surface area contributed by atoms with Gasteiger partial charge in [-0.1, -0.05) is 41.9 Å². The molecule has 144 valence electrons. The molecule has 0 saturated carbocycles. The van der Waals surface area contributed by atoms with Crippen molar-refractivity contribution in [3.63, 3.8) is 0 Å². The molecule has 1 amide bonds. The molecule has 1 aliphatic heterocycles. The fourth-order valence-corrected chi connectivity index (χ4v) is 5.10. The molecule has 2 aromatic carbocycles. The highest BCUT2D eigenvalue weighted by Crippen LogP contribution is 2.24. The first kappa shape index (κ1) is 19.9. The van der Waals surface area contributed by atoms with Gasteiger partial charge in [0.2, 0.25) is 15.9 Å². The summed E-state index contributed by atoms with van der Waals surface area (Å²) in [5.74, 6) is -0.598. The van der Waals surface area contributed by atoms with E-state index in [1.165, 1.54) is 4.31 Å². The zero-order valence-corrected chi connectivity index (χ0v) is 16.8. The quantitative estimate of drug-likeness (QED) is 0.820. The number of rotatable bonds is 5. The van der Waals surface area contributed by atoms with Crippen LogP contribution in [0.2, 0.25) is 5.02 Å². The summed E-state index contributed by atoms with van der Waals surface area (Å²) in [6.45, 7) is 2.58. The highest BCUT2D eigenvalue weighted by molar-refractivity contribution is 7.88. The number of nitrogens with one attached hydrogen (secondary N) is 1. The minimum atomic E-state index is -3.51. The molecule has 0 bridgehead atoms. The fraction of sp³-hybridized carbons (Fsp3) is 0.350. The predicted octanol–water partition coefficient (Wildman–Crippen LogP) is 3.83. The van der Waals surface area contributed by atoms with E-state index in [0.29, 0.717) is 30.0 Å². The van der Waals surface area contributed by atoms with E-state index in [1.807, 2.05) is 31.2 Å². The van der Waals surface area contributed by atoms with Gasteiger partial charge in [0.15, 0.2) is 0 Å². The lowest BCUT2D eigenvalue weighted by Gasteiger charge is -2.31. The van der Waals surface area contributed by atoms with Gasteiger partial charge in [0.25, 0.3) is 0 Å². The molecule has 1 N–H and O–H groups in total. The zero-order chi connectivity index (χ0) is 19.4. The molecule has 2 aromatic rings. The predicted molar refractivity (Wildman–Crippen MR) is 108 cm³/mol. The summed E-state index contributed by atoms with van der Waals surface area (Å²) in [4.78, 5) is 12.6. The molecule has 0 aliphatic carbocycles. The molecule has 7 heteroatoms. The second-order valence-corrected chi connectivity index (χ2v) is 9.29. The minimum absolute atomic E-state index is 0.111. The van der Waals surface area contributed by atoms with Crippen LogP contribution in [0.1, 0.15) is 24.0 Å². The van der Waals surface area contributed by atoms with E-state index in [0.717, 1.165) is 11.3 Å². The molecule has 0 aromatic heterocycles. The first-order valence-corrected chi connectivity index (χ1v) is 10.9. The highest BCUT2D eigenvalue weighted by Gasteiger charge is 2.32. The summed E-state index contributed by atoms with van der Waals surface area (Å²) in [6, 6.07) is 14.4. The topological polar surface area (TPSA) is 66.5 Å². The molecule has 1 saturated heterocycles. The highest BCUT2D eigenvalue weighted by atomic mass is 35.5. The van der Waals surface area contributed by atoms with Crippen molar-refractivity contribution in [1.29, 1.82) is 0 Å². The smallest absolute Gasteiger partial charge is 0.228 e. The van der Waals surface area contributed by atoms with Crippen molar-refractivity contribution < 1.29 is 13.2 Å². The van der Waals surface area contributed by atoms with Gasteiger partial charge < -0.3 is 5.32 Å². The lowest BCUT2D eigenvalue weighted by Crippen LogP contribution is -2.44. The number of amides is 1. The Morgan fingerprint density at radius 3 is 2.74 bits per heavy atom. The first-order chi connectivity index (χ1) is 12.8. The normalized spacial score (nSPS) is 18.2. The second-order valence-electron chi connectivity index (χ2n) is 6.89. The number of aryl methyl sites for hydroxylation is 1. The van der Waals surface area contributed by atoms with Crippen molar-refractivity contribution in [2.45, 2.75) is 25.5 Å². The number of benzene rings is 2. The molecule has 5 nitrogen and oxygen atoms in total. The van der Waals surface area contributed by atoms with Crippen molar-refractivity contribution in [2.24, 2.45) is 5.92 Å². The summed E-state index contributed by atoms with van der Waals surface area (Å²) in [5.41, 5.74) is 2.39. The summed E-state index contributed by atoms with van der Waals surface area (Å²) in [5, 5.41) is 3.44. The average Bonchev–Trinajstić information content (AvgIpc) is 2.63. The van der Waals surface area contributed by atoms with Gasteiger partial charge in [0.05, 0.1) is 11.7 Å². The number of hydrogen-bond acceptors (Lipinski definition) is 3. The molecule has 1 atom stereocenters. The number of nitrogens with zero attached hydrogens (tertiary/aromatic N) is 1.